The van der Waals surface area contributed by atoms with Gasteiger partial charge in [-0.15, -0.1) is 0 Å². The molecule has 30 heavy (non-hydrogen) atoms. The number of amides is 1. The van der Waals surface area contributed by atoms with Crippen LogP contribution < -0.4 is 4.90 Å². The Bertz CT molecular complexity index is 1150. The highest BCUT2D eigenvalue weighted by Gasteiger charge is 2.45. The van der Waals surface area contributed by atoms with Gasteiger partial charge in [0.05, 0.1) is 33.5 Å². The second-order valence-corrected chi connectivity index (χ2v) is 9.12. The number of imidazole rings is 1. The van der Waals surface area contributed by atoms with Crippen LogP contribution in [0.25, 0.3) is 11.0 Å². The number of aromatic nitrogens is 3. The minimum atomic E-state index is -0.236. The third kappa shape index (κ3) is 2.88. The number of H-pyrrole nitrogens is 1. The summed E-state index contributed by atoms with van der Waals surface area (Å²) in [5.41, 5.74) is 4.59. The van der Waals surface area contributed by atoms with Crippen molar-refractivity contribution in [2.45, 2.75) is 56.5 Å². The lowest BCUT2D eigenvalue weighted by Gasteiger charge is -2.40. The maximum atomic E-state index is 12.6. The zero-order valence-electron chi connectivity index (χ0n) is 16.7. The lowest BCUT2D eigenvalue weighted by Crippen LogP contribution is -2.39. The molecule has 154 valence electrons. The number of nitrogens with zero attached hydrogens (tertiary/aromatic N) is 3. The second kappa shape index (κ2) is 6.71. The van der Waals surface area contributed by atoms with E-state index in [0.717, 1.165) is 78.9 Å². The van der Waals surface area contributed by atoms with Crippen LogP contribution in [0, 0.1) is 0 Å². The number of ether oxygens (including phenoxy) is 1. The van der Waals surface area contributed by atoms with Crippen molar-refractivity contribution >= 4 is 34.4 Å². The van der Waals surface area contributed by atoms with Gasteiger partial charge in [-0.05, 0) is 68.9 Å². The van der Waals surface area contributed by atoms with Crippen LogP contribution in [0.4, 0.5) is 10.5 Å². The summed E-state index contributed by atoms with van der Waals surface area (Å²) in [6, 6.07) is 9.86. The van der Waals surface area contributed by atoms with Gasteiger partial charge in [0.2, 0.25) is 0 Å². The van der Waals surface area contributed by atoms with Crippen molar-refractivity contribution < 1.29 is 9.53 Å². The molecule has 1 N–H and O–H groups in total. The number of aromatic amines is 1. The Labute approximate surface area is 179 Å². The molecule has 0 radical (unpaired) electrons. The van der Waals surface area contributed by atoms with Gasteiger partial charge in [-0.1, -0.05) is 18.0 Å². The first-order chi connectivity index (χ1) is 14.6. The van der Waals surface area contributed by atoms with Crippen molar-refractivity contribution in [1.82, 2.24) is 15.0 Å². The van der Waals surface area contributed by atoms with E-state index >= 15 is 0 Å². The number of fused-ring (bicyclic) bond motifs is 2. The van der Waals surface area contributed by atoms with E-state index in [9.17, 15) is 4.79 Å². The van der Waals surface area contributed by atoms with Gasteiger partial charge in [0.25, 0.3) is 0 Å². The molecule has 3 heterocycles. The number of nitrogens with one attached hydrogen (secondary N) is 1. The van der Waals surface area contributed by atoms with E-state index in [0.29, 0.717) is 11.6 Å². The number of carbonyl (C=O) groups is 1. The summed E-state index contributed by atoms with van der Waals surface area (Å²) in [4.78, 5) is 27.8. The highest BCUT2D eigenvalue weighted by atomic mass is 35.5. The molecule has 1 aromatic carbocycles. The third-order valence-electron chi connectivity index (χ3n) is 6.64. The quantitative estimate of drug-likeness (QED) is 0.634. The first-order valence-corrected chi connectivity index (χ1v) is 11.1. The van der Waals surface area contributed by atoms with Gasteiger partial charge in [-0.2, -0.15) is 0 Å². The number of hydrogen-bond donors (Lipinski definition) is 1. The number of anilines is 1. The molecule has 0 atom stereocenters. The van der Waals surface area contributed by atoms with Crippen molar-refractivity contribution in [3.8, 4) is 0 Å². The summed E-state index contributed by atoms with van der Waals surface area (Å²) in [7, 11) is 0. The molecule has 3 aliphatic rings. The van der Waals surface area contributed by atoms with E-state index in [2.05, 4.69) is 11.1 Å². The number of halogens is 1. The van der Waals surface area contributed by atoms with E-state index in [1.54, 1.807) is 4.90 Å². The van der Waals surface area contributed by atoms with Gasteiger partial charge < -0.3 is 9.72 Å². The Morgan fingerprint density at radius 2 is 2.03 bits per heavy atom. The number of pyridine rings is 1. The number of hydrogen-bond acceptors (Lipinski definition) is 4. The number of aryl methyl sites for hydroxylation is 1. The standard InChI is InChI=1S/C23H23ClN4O2/c24-14-4-7-16-18(13-14)27-21(26-16)23(10-2-11-23)20-9-8-19-17(25-20)3-1-12-28(19)22(29)30-15-5-6-15/h4,7-9,13,15H,1-3,5-6,10-12H2,(H,26,27). The second-order valence-electron chi connectivity index (χ2n) is 8.68. The average molecular weight is 423 g/mol. The van der Waals surface area contributed by atoms with Crippen LogP contribution in [0.1, 0.15) is 55.7 Å². The Balaban J connectivity index is 1.37. The summed E-state index contributed by atoms with van der Waals surface area (Å²) in [5.74, 6) is 0.958. The Morgan fingerprint density at radius 3 is 2.80 bits per heavy atom. The van der Waals surface area contributed by atoms with Gasteiger partial charge in [-0.25, -0.2) is 9.78 Å². The third-order valence-corrected chi connectivity index (χ3v) is 6.88. The molecule has 0 saturated heterocycles. The Morgan fingerprint density at radius 1 is 1.17 bits per heavy atom. The molecule has 2 saturated carbocycles. The first-order valence-electron chi connectivity index (χ1n) is 10.8. The smallest absolute Gasteiger partial charge is 0.414 e. The van der Waals surface area contributed by atoms with Gasteiger partial charge in [0.15, 0.2) is 0 Å². The van der Waals surface area contributed by atoms with Crippen LogP contribution >= 0.6 is 11.6 Å². The normalized spacial score (nSPS) is 20.0. The molecule has 1 amide bonds. The Kier molecular flexibility index (Phi) is 4.07. The summed E-state index contributed by atoms with van der Waals surface area (Å²) in [6.45, 7) is 0.690. The van der Waals surface area contributed by atoms with Crippen molar-refractivity contribution in [2.24, 2.45) is 0 Å². The van der Waals surface area contributed by atoms with Crippen LogP contribution in [-0.4, -0.2) is 33.7 Å². The van der Waals surface area contributed by atoms with Crippen LogP contribution in [0.5, 0.6) is 0 Å². The fourth-order valence-corrected chi connectivity index (χ4v) is 4.82. The molecule has 0 unspecified atom stereocenters. The van der Waals surface area contributed by atoms with E-state index in [-0.39, 0.29) is 17.6 Å². The highest BCUT2D eigenvalue weighted by Crippen LogP contribution is 2.48. The molecule has 2 aliphatic carbocycles. The zero-order valence-corrected chi connectivity index (χ0v) is 17.4. The SMILES string of the molecule is O=C(OC1CC1)N1CCCc2nc(C3(c4nc5ccc(Cl)cc5[nH]4)CCC3)ccc21. The largest absolute Gasteiger partial charge is 0.446 e. The molecule has 3 aromatic rings. The predicted octanol–water partition coefficient (Wildman–Crippen LogP) is 5.13. The van der Waals surface area contributed by atoms with Gasteiger partial charge in [0, 0.05) is 11.6 Å². The summed E-state index contributed by atoms with van der Waals surface area (Å²) in [6.07, 6.45) is 6.79. The molecule has 0 spiro atoms. The molecule has 0 bridgehead atoms. The van der Waals surface area contributed by atoms with E-state index in [1.165, 1.54) is 0 Å². The topological polar surface area (TPSA) is 71.1 Å². The zero-order chi connectivity index (χ0) is 20.3. The number of rotatable bonds is 3. The van der Waals surface area contributed by atoms with Crippen molar-refractivity contribution in [3.63, 3.8) is 0 Å². The molecule has 2 fully saturated rings. The highest BCUT2D eigenvalue weighted by molar-refractivity contribution is 6.31. The summed E-state index contributed by atoms with van der Waals surface area (Å²) >= 11 is 6.16. The van der Waals surface area contributed by atoms with Gasteiger partial charge in [-0.3, -0.25) is 9.88 Å². The van der Waals surface area contributed by atoms with Crippen LogP contribution in [0.2, 0.25) is 5.02 Å². The van der Waals surface area contributed by atoms with Crippen LogP contribution in [0.3, 0.4) is 0 Å². The van der Waals surface area contributed by atoms with E-state index < -0.39 is 0 Å². The van der Waals surface area contributed by atoms with Crippen molar-refractivity contribution in [3.05, 3.63) is 52.6 Å². The van der Waals surface area contributed by atoms with Crippen molar-refractivity contribution in [2.75, 3.05) is 11.4 Å². The van der Waals surface area contributed by atoms with Crippen LogP contribution in [0.15, 0.2) is 30.3 Å². The van der Waals surface area contributed by atoms with Crippen LogP contribution in [-0.2, 0) is 16.6 Å². The minimum Gasteiger partial charge on any atom is -0.446 e. The molecular weight excluding hydrogens is 400 g/mol. The summed E-state index contributed by atoms with van der Waals surface area (Å²) < 4.78 is 5.53. The number of carbonyl (C=O) groups excluding carboxylic acids is 1. The summed E-state index contributed by atoms with van der Waals surface area (Å²) in [5, 5.41) is 0.699. The molecule has 6 rings (SSSR count). The van der Waals surface area contributed by atoms with E-state index in [1.807, 2.05) is 24.3 Å². The molecule has 1 aliphatic heterocycles. The van der Waals surface area contributed by atoms with Gasteiger partial charge >= 0.3 is 6.09 Å². The maximum absolute atomic E-state index is 12.6. The minimum absolute atomic E-state index is 0.106. The molecule has 2 aromatic heterocycles. The lowest BCUT2D eigenvalue weighted by atomic mass is 9.65. The number of benzene rings is 1. The molecular formula is C23H23ClN4O2. The first kappa shape index (κ1) is 18.2. The predicted molar refractivity (Wildman–Crippen MR) is 115 cm³/mol. The fourth-order valence-electron chi connectivity index (χ4n) is 4.65. The van der Waals surface area contributed by atoms with E-state index in [4.69, 9.17) is 26.3 Å². The lowest BCUT2D eigenvalue weighted by molar-refractivity contribution is 0.146. The van der Waals surface area contributed by atoms with Gasteiger partial charge in [0.1, 0.15) is 11.9 Å². The monoisotopic (exact) mass is 422 g/mol. The molecule has 6 nitrogen and oxygen atoms in total. The average Bonchev–Trinajstić information content (AvgIpc) is 3.43. The fraction of sp³-hybridized carbons (Fsp3) is 0.435. The molecule has 7 heteroatoms. The maximum Gasteiger partial charge on any atom is 0.414 e. The Hall–Kier alpha value is -2.60. The van der Waals surface area contributed by atoms with Crippen molar-refractivity contribution in [1.29, 1.82) is 0 Å².